The summed E-state index contributed by atoms with van der Waals surface area (Å²) in [6, 6.07) is -1.02. The lowest BCUT2D eigenvalue weighted by Gasteiger charge is -2.41. The van der Waals surface area contributed by atoms with Crippen molar-refractivity contribution >= 4 is 11.9 Å². The van der Waals surface area contributed by atoms with Gasteiger partial charge >= 0.3 is 5.97 Å². The Kier molecular flexibility index (Phi) is 58.7. The Hall–Kier alpha value is -2.38. The van der Waals surface area contributed by atoms with Gasteiger partial charge in [0.25, 0.3) is 0 Å². The summed E-state index contributed by atoms with van der Waals surface area (Å²) >= 11 is 0. The zero-order chi connectivity index (χ0) is 61.7. The van der Waals surface area contributed by atoms with E-state index in [-0.39, 0.29) is 13.0 Å². The van der Waals surface area contributed by atoms with Crippen LogP contribution in [0.25, 0.3) is 0 Å². The summed E-state index contributed by atoms with van der Waals surface area (Å²) in [6.07, 6.45) is 67.3. The summed E-state index contributed by atoms with van der Waals surface area (Å²) in [5, 5.41) is 57.2. The van der Waals surface area contributed by atoms with Gasteiger partial charge in [0.1, 0.15) is 24.4 Å². The van der Waals surface area contributed by atoms with E-state index in [2.05, 4.69) is 62.5 Å². The summed E-state index contributed by atoms with van der Waals surface area (Å²) in [6.45, 7) is 5.81. The lowest BCUT2D eigenvalue weighted by atomic mass is 9.99. The number of aliphatic hydroxyl groups excluding tert-OH is 5. The third kappa shape index (κ3) is 49.1. The van der Waals surface area contributed by atoms with E-state index in [0.29, 0.717) is 19.3 Å². The molecule has 8 atom stereocenters. The molecule has 0 aromatic carbocycles. The molecule has 11 heteroatoms. The van der Waals surface area contributed by atoms with Crippen molar-refractivity contribution in [2.24, 2.45) is 0 Å². The fourth-order valence-corrected chi connectivity index (χ4v) is 11.5. The van der Waals surface area contributed by atoms with Crippen molar-refractivity contribution in [1.82, 2.24) is 5.32 Å². The first-order valence-corrected chi connectivity index (χ1v) is 36.4. The average molecular weight is 1200 g/mol. The molecule has 8 unspecified atom stereocenters. The second-order valence-electron chi connectivity index (χ2n) is 25.3. The molecule has 0 spiro atoms. The van der Waals surface area contributed by atoms with Gasteiger partial charge in [0.15, 0.2) is 12.4 Å². The molecule has 85 heavy (non-hydrogen) atoms. The first-order valence-electron chi connectivity index (χ1n) is 36.4. The van der Waals surface area contributed by atoms with E-state index in [4.69, 9.17) is 14.2 Å². The minimum Gasteiger partial charge on any atom is -0.454 e. The number of allylic oxidation sites excluding steroid dienone is 7. The molecular weight excluding hydrogens is 1060 g/mol. The summed E-state index contributed by atoms with van der Waals surface area (Å²) in [7, 11) is 0. The molecule has 1 aliphatic heterocycles. The number of amides is 1. The normalized spacial score (nSPS) is 18.6. The average Bonchev–Trinajstić information content (AvgIpc) is 2.92. The largest absolute Gasteiger partial charge is 0.454 e. The summed E-state index contributed by atoms with van der Waals surface area (Å²) in [5.74, 6) is -1.18. The van der Waals surface area contributed by atoms with Crippen molar-refractivity contribution in [1.29, 1.82) is 0 Å². The van der Waals surface area contributed by atoms with Crippen LogP contribution in [0.5, 0.6) is 0 Å². The van der Waals surface area contributed by atoms with E-state index in [1.54, 1.807) is 6.08 Å². The van der Waals surface area contributed by atoms with Gasteiger partial charge in [0.05, 0.1) is 25.4 Å². The summed E-state index contributed by atoms with van der Waals surface area (Å²) in [5.41, 5.74) is 0. The van der Waals surface area contributed by atoms with E-state index < -0.39 is 67.4 Å². The van der Waals surface area contributed by atoms with Crippen LogP contribution in [-0.2, 0) is 23.8 Å². The first-order chi connectivity index (χ1) is 41.7. The Labute approximate surface area is 523 Å². The molecule has 0 aromatic heterocycles. The highest BCUT2D eigenvalue weighted by atomic mass is 16.7. The van der Waals surface area contributed by atoms with Crippen molar-refractivity contribution in [3.8, 4) is 0 Å². The van der Waals surface area contributed by atoms with Gasteiger partial charge in [-0.2, -0.15) is 0 Å². The van der Waals surface area contributed by atoms with Gasteiger partial charge in [-0.15, -0.1) is 0 Å². The van der Waals surface area contributed by atoms with E-state index in [0.717, 1.165) is 70.6 Å². The zero-order valence-electron chi connectivity index (χ0n) is 55.5. The maximum atomic E-state index is 13.5. The van der Waals surface area contributed by atoms with Gasteiger partial charge in [-0.3, -0.25) is 9.59 Å². The molecule has 1 saturated heterocycles. The summed E-state index contributed by atoms with van der Waals surface area (Å²) in [4.78, 5) is 26.7. The van der Waals surface area contributed by atoms with Crippen LogP contribution in [0, 0.1) is 0 Å². The molecule has 0 radical (unpaired) electrons. The third-order valence-corrected chi connectivity index (χ3v) is 17.2. The minimum absolute atomic E-state index is 0.125. The predicted octanol–water partition coefficient (Wildman–Crippen LogP) is 18.7. The van der Waals surface area contributed by atoms with Crippen molar-refractivity contribution in [2.75, 3.05) is 13.2 Å². The van der Waals surface area contributed by atoms with Crippen molar-refractivity contribution in [3.05, 3.63) is 48.6 Å². The number of esters is 1. The maximum absolute atomic E-state index is 13.5. The molecule has 1 amide bonds. The molecule has 0 saturated carbocycles. The van der Waals surface area contributed by atoms with Crippen LogP contribution in [-0.4, -0.2) is 99.6 Å². The number of nitrogens with one attached hydrogen (secondary N) is 1. The lowest BCUT2D eigenvalue weighted by Crippen LogP contribution is -2.61. The van der Waals surface area contributed by atoms with Crippen LogP contribution in [0.1, 0.15) is 348 Å². The molecule has 1 aliphatic rings. The molecule has 1 fully saturated rings. The van der Waals surface area contributed by atoms with Crippen LogP contribution in [0.2, 0.25) is 0 Å². The molecule has 0 aliphatic carbocycles. The number of aliphatic hydroxyl groups is 5. The van der Waals surface area contributed by atoms with E-state index in [9.17, 15) is 35.1 Å². The van der Waals surface area contributed by atoms with Crippen molar-refractivity contribution in [3.63, 3.8) is 0 Å². The highest BCUT2D eigenvalue weighted by molar-refractivity contribution is 5.80. The van der Waals surface area contributed by atoms with Crippen LogP contribution < -0.4 is 5.32 Å². The van der Waals surface area contributed by atoms with Crippen LogP contribution >= 0.6 is 0 Å². The lowest BCUT2D eigenvalue weighted by molar-refractivity contribution is -0.305. The topological polar surface area (TPSA) is 175 Å². The standard InChI is InChI=1S/C74H137NO10/c1-4-7-10-13-16-19-22-24-26-28-30-31-32-33-34-35-36-37-38-40-42-44-47-50-53-56-59-62-69(79)85-72-71(81)70(80)68(63-76)84-74(72)83-64-65(66(77)60-57-54-51-48-45-21-18-15-12-9-6-3)75-73(82)67(78)61-58-55-52-49-46-43-41-39-29-27-25-23-20-17-14-11-8-5-2/h16,19,24,26,30-31,57,60,65-68,70-72,74,76-78,80-81H,4-15,17-18,20-23,25,27-29,32-56,58-59,61-64H2,1-3H3,(H,75,82)/b19-16-,26-24-,31-30-,60-57+. The molecule has 498 valence electrons. The number of hydrogen-bond acceptors (Lipinski definition) is 10. The van der Waals surface area contributed by atoms with Gasteiger partial charge in [0.2, 0.25) is 5.91 Å². The van der Waals surface area contributed by atoms with Gasteiger partial charge in [-0.25, -0.2) is 0 Å². The fourth-order valence-electron chi connectivity index (χ4n) is 11.5. The van der Waals surface area contributed by atoms with Crippen LogP contribution in [0.15, 0.2) is 48.6 Å². The van der Waals surface area contributed by atoms with Gasteiger partial charge < -0.3 is 45.1 Å². The Morgan fingerprint density at radius 1 is 0.459 bits per heavy atom. The van der Waals surface area contributed by atoms with Crippen molar-refractivity contribution < 1.29 is 49.3 Å². The van der Waals surface area contributed by atoms with E-state index in [1.165, 1.54) is 231 Å². The molecule has 1 rings (SSSR count). The molecule has 1 heterocycles. The second-order valence-corrected chi connectivity index (χ2v) is 25.3. The molecule has 6 N–H and O–H groups in total. The van der Waals surface area contributed by atoms with Crippen LogP contribution in [0.3, 0.4) is 0 Å². The highest BCUT2D eigenvalue weighted by Gasteiger charge is 2.47. The number of unbranched alkanes of at least 4 members (excludes halogenated alkanes) is 43. The Morgan fingerprint density at radius 3 is 1.24 bits per heavy atom. The zero-order valence-corrected chi connectivity index (χ0v) is 55.5. The van der Waals surface area contributed by atoms with Gasteiger partial charge in [-0.05, 0) is 64.2 Å². The number of rotatable bonds is 63. The SMILES string of the molecule is CCCCC/C=C\C/C=C\C/C=C\CCCCCCCCCCCCCCCCC(=O)OC1C(OCC(NC(=O)C(O)CCCCCCCCCCCCCCCCCCCC)C(O)/C=C/CCCCCCCCCCC)OC(CO)C(O)C1O. The monoisotopic (exact) mass is 1200 g/mol. The first kappa shape index (κ1) is 80.6. The Bertz CT molecular complexity index is 1570. The third-order valence-electron chi connectivity index (χ3n) is 17.2. The molecule has 0 bridgehead atoms. The maximum Gasteiger partial charge on any atom is 0.306 e. The minimum atomic E-state index is -1.61. The van der Waals surface area contributed by atoms with E-state index >= 15 is 0 Å². The molecular formula is C74H137NO10. The number of hydrogen-bond donors (Lipinski definition) is 6. The Morgan fingerprint density at radius 2 is 0.812 bits per heavy atom. The van der Waals surface area contributed by atoms with Gasteiger partial charge in [-0.1, -0.05) is 326 Å². The fraction of sp³-hybridized carbons (Fsp3) is 0.865. The quantitative estimate of drug-likeness (QED) is 0.0195. The van der Waals surface area contributed by atoms with E-state index in [1.807, 2.05) is 6.08 Å². The predicted molar refractivity (Wildman–Crippen MR) is 357 cm³/mol. The smallest absolute Gasteiger partial charge is 0.306 e. The second kappa shape index (κ2) is 61.8. The van der Waals surface area contributed by atoms with Crippen molar-refractivity contribution in [2.45, 2.75) is 397 Å². The molecule has 11 nitrogen and oxygen atoms in total. The van der Waals surface area contributed by atoms with Gasteiger partial charge in [0, 0.05) is 6.42 Å². The number of ether oxygens (including phenoxy) is 3. The Balaban J connectivity index is 2.51. The van der Waals surface area contributed by atoms with Crippen LogP contribution in [0.4, 0.5) is 0 Å². The summed E-state index contributed by atoms with van der Waals surface area (Å²) < 4.78 is 17.7. The molecule has 0 aromatic rings. The number of carbonyl (C=O) groups excluding carboxylic acids is 2. The highest BCUT2D eigenvalue weighted by Crippen LogP contribution is 2.26. The number of carbonyl (C=O) groups is 2.